The number of amides is 1. The SMILES string of the molecule is Cc1nc(-c2ccc(C(=O)NC[C@H]3CCCO3)cc2)nc2c1CCCC2. The monoisotopic (exact) mass is 351 g/mol. The van der Waals surface area contributed by atoms with Crippen LogP contribution in [0.4, 0.5) is 0 Å². The Labute approximate surface area is 154 Å². The van der Waals surface area contributed by atoms with Crippen molar-refractivity contribution in [2.24, 2.45) is 0 Å². The molecule has 1 fully saturated rings. The molecule has 1 aliphatic carbocycles. The van der Waals surface area contributed by atoms with Crippen molar-refractivity contribution in [3.8, 4) is 11.4 Å². The van der Waals surface area contributed by atoms with Crippen LogP contribution in [0.5, 0.6) is 0 Å². The molecule has 1 amide bonds. The molecule has 1 atom stereocenters. The van der Waals surface area contributed by atoms with Gasteiger partial charge in [0.15, 0.2) is 5.82 Å². The number of aromatic nitrogens is 2. The number of hydrogen-bond donors (Lipinski definition) is 1. The number of aryl methyl sites for hydroxylation is 2. The molecule has 5 nitrogen and oxygen atoms in total. The highest BCUT2D eigenvalue weighted by Gasteiger charge is 2.18. The van der Waals surface area contributed by atoms with Gasteiger partial charge in [-0.1, -0.05) is 12.1 Å². The van der Waals surface area contributed by atoms with Crippen LogP contribution in [0.2, 0.25) is 0 Å². The minimum atomic E-state index is -0.0606. The quantitative estimate of drug-likeness (QED) is 0.918. The van der Waals surface area contributed by atoms with E-state index in [0.29, 0.717) is 12.1 Å². The van der Waals surface area contributed by atoms with Crippen LogP contribution in [0.25, 0.3) is 11.4 Å². The van der Waals surface area contributed by atoms with Crippen molar-refractivity contribution in [3.63, 3.8) is 0 Å². The predicted molar refractivity (Wildman–Crippen MR) is 100 cm³/mol. The topological polar surface area (TPSA) is 64.1 Å². The molecule has 1 aliphatic heterocycles. The average molecular weight is 351 g/mol. The maximum atomic E-state index is 12.3. The van der Waals surface area contributed by atoms with E-state index in [0.717, 1.165) is 49.4 Å². The van der Waals surface area contributed by atoms with Crippen LogP contribution in [0.3, 0.4) is 0 Å². The van der Waals surface area contributed by atoms with Gasteiger partial charge in [-0.2, -0.15) is 0 Å². The first-order chi connectivity index (χ1) is 12.7. The molecule has 0 spiro atoms. The van der Waals surface area contributed by atoms with E-state index in [2.05, 4.69) is 12.2 Å². The Hall–Kier alpha value is -2.27. The summed E-state index contributed by atoms with van der Waals surface area (Å²) in [7, 11) is 0. The van der Waals surface area contributed by atoms with Gasteiger partial charge in [0.2, 0.25) is 0 Å². The molecule has 2 aromatic rings. The molecule has 136 valence electrons. The van der Waals surface area contributed by atoms with Gasteiger partial charge in [0.1, 0.15) is 0 Å². The van der Waals surface area contributed by atoms with Crippen LogP contribution >= 0.6 is 0 Å². The summed E-state index contributed by atoms with van der Waals surface area (Å²) in [5.74, 6) is 0.698. The van der Waals surface area contributed by atoms with Crippen molar-refractivity contribution in [2.75, 3.05) is 13.2 Å². The number of fused-ring (bicyclic) bond motifs is 1. The van der Waals surface area contributed by atoms with Crippen molar-refractivity contribution >= 4 is 5.91 Å². The minimum absolute atomic E-state index is 0.0606. The number of carbonyl (C=O) groups excluding carboxylic acids is 1. The number of nitrogens with zero attached hydrogens (tertiary/aromatic N) is 2. The van der Waals surface area contributed by atoms with Gasteiger partial charge in [-0.15, -0.1) is 0 Å². The summed E-state index contributed by atoms with van der Waals surface area (Å²) in [4.78, 5) is 21.8. The highest BCUT2D eigenvalue weighted by Crippen LogP contribution is 2.25. The Morgan fingerprint density at radius 1 is 1.15 bits per heavy atom. The summed E-state index contributed by atoms with van der Waals surface area (Å²) in [6, 6.07) is 7.56. The molecule has 26 heavy (non-hydrogen) atoms. The number of hydrogen-bond acceptors (Lipinski definition) is 4. The number of rotatable bonds is 4. The van der Waals surface area contributed by atoms with Gasteiger partial charge < -0.3 is 10.1 Å². The zero-order valence-corrected chi connectivity index (χ0v) is 15.3. The maximum absolute atomic E-state index is 12.3. The molecule has 4 rings (SSSR count). The van der Waals surface area contributed by atoms with Crippen molar-refractivity contribution < 1.29 is 9.53 Å². The second-order valence-electron chi connectivity index (χ2n) is 7.19. The van der Waals surface area contributed by atoms with Gasteiger partial charge in [0.05, 0.1) is 6.10 Å². The Bertz CT molecular complexity index is 796. The van der Waals surface area contributed by atoms with Crippen LogP contribution in [-0.2, 0) is 17.6 Å². The van der Waals surface area contributed by atoms with Gasteiger partial charge >= 0.3 is 0 Å². The second-order valence-corrected chi connectivity index (χ2v) is 7.19. The van der Waals surface area contributed by atoms with E-state index < -0.39 is 0 Å². The van der Waals surface area contributed by atoms with E-state index in [9.17, 15) is 4.79 Å². The first-order valence-corrected chi connectivity index (χ1v) is 9.57. The Balaban J connectivity index is 1.47. The van der Waals surface area contributed by atoms with Crippen LogP contribution in [0, 0.1) is 6.92 Å². The second kappa shape index (κ2) is 7.54. The molecule has 0 unspecified atom stereocenters. The summed E-state index contributed by atoms with van der Waals surface area (Å²) in [6.07, 6.45) is 6.81. The maximum Gasteiger partial charge on any atom is 0.251 e. The predicted octanol–water partition coefficient (Wildman–Crippen LogP) is 3.24. The molecule has 1 N–H and O–H groups in total. The van der Waals surface area contributed by atoms with Crippen molar-refractivity contribution in [3.05, 3.63) is 46.8 Å². The molecule has 0 bridgehead atoms. The molecule has 2 aliphatic rings. The highest BCUT2D eigenvalue weighted by molar-refractivity contribution is 5.94. The summed E-state index contributed by atoms with van der Waals surface area (Å²) in [5.41, 5.74) is 5.21. The lowest BCUT2D eigenvalue weighted by atomic mass is 9.95. The first kappa shape index (κ1) is 17.2. The molecule has 2 heterocycles. The van der Waals surface area contributed by atoms with Gasteiger partial charge in [0, 0.05) is 35.7 Å². The van der Waals surface area contributed by atoms with Crippen molar-refractivity contribution in [1.29, 1.82) is 0 Å². The Kier molecular flexibility index (Phi) is 4.98. The number of carbonyl (C=O) groups is 1. The van der Waals surface area contributed by atoms with Crippen molar-refractivity contribution in [2.45, 2.75) is 51.6 Å². The summed E-state index contributed by atoms with van der Waals surface area (Å²) < 4.78 is 5.54. The molecule has 1 saturated heterocycles. The number of benzene rings is 1. The fraction of sp³-hybridized carbons (Fsp3) is 0.476. The zero-order valence-electron chi connectivity index (χ0n) is 15.3. The third-order valence-electron chi connectivity index (χ3n) is 5.31. The third kappa shape index (κ3) is 3.63. The molecular formula is C21H25N3O2. The van der Waals surface area contributed by atoms with E-state index in [1.165, 1.54) is 24.1 Å². The largest absolute Gasteiger partial charge is 0.376 e. The molecule has 1 aromatic heterocycles. The van der Waals surface area contributed by atoms with E-state index in [-0.39, 0.29) is 12.0 Å². The van der Waals surface area contributed by atoms with E-state index in [4.69, 9.17) is 14.7 Å². The van der Waals surface area contributed by atoms with Gasteiger partial charge in [-0.25, -0.2) is 9.97 Å². The fourth-order valence-electron chi connectivity index (χ4n) is 3.80. The zero-order chi connectivity index (χ0) is 17.9. The molecule has 0 radical (unpaired) electrons. The lowest BCUT2D eigenvalue weighted by Gasteiger charge is -2.17. The summed E-state index contributed by atoms with van der Waals surface area (Å²) in [5, 5.41) is 2.95. The van der Waals surface area contributed by atoms with Crippen LogP contribution in [-0.4, -0.2) is 35.1 Å². The Morgan fingerprint density at radius 3 is 2.73 bits per heavy atom. The highest BCUT2D eigenvalue weighted by atomic mass is 16.5. The van der Waals surface area contributed by atoms with Gasteiger partial charge in [-0.3, -0.25) is 4.79 Å². The van der Waals surface area contributed by atoms with Crippen molar-refractivity contribution in [1.82, 2.24) is 15.3 Å². The molecular weight excluding hydrogens is 326 g/mol. The van der Waals surface area contributed by atoms with E-state index >= 15 is 0 Å². The summed E-state index contributed by atoms with van der Waals surface area (Å²) in [6.45, 7) is 3.45. The fourth-order valence-corrected chi connectivity index (χ4v) is 3.80. The normalized spacial score (nSPS) is 19.2. The number of ether oxygens (including phenoxy) is 1. The van der Waals surface area contributed by atoms with Crippen LogP contribution in [0.15, 0.2) is 24.3 Å². The van der Waals surface area contributed by atoms with Crippen LogP contribution in [0.1, 0.15) is 53.0 Å². The van der Waals surface area contributed by atoms with Crippen LogP contribution < -0.4 is 5.32 Å². The number of nitrogens with one attached hydrogen (secondary N) is 1. The molecule has 5 heteroatoms. The molecule has 0 saturated carbocycles. The molecule has 1 aromatic carbocycles. The summed E-state index contributed by atoms with van der Waals surface area (Å²) >= 11 is 0. The lowest BCUT2D eigenvalue weighted by molar-refractivity contribution is 0.0858. The lowest BCUT2D eigenvalue weighted by Crippen LogP contribution is -2.31. The standard InChI is InChI=1S/C21H25N3O2/c1-14-18-6-2-3-7-19(18)24-20(23-14)15-8-10-16(11-9-15)21(25)22-13-17-5-4-12-26-17/h8-11,17H,2-7,12-13H2,1H3,(H,22,25)/t17-/m1/s1. The minimum Gasteiger partial charge on any atom is -0.376 e. The Morgan fingerprint density at radius 2 is 1.96 bits per heavy atom. The third-order valence-corrected chi connectivity index (χ3v) is 5.31. The first-order valence-electron chi connectivity index (χ1n) is 9.57. The van der Waals surface area contributed by atoms with E-state index in [1.807, 2.05) is 24.3 Å². The van der Waals surface area contributed by atoms with Gasteiger partial charge in [-0.05, 0) is 63.1 Å². The average Bonchev–Trinajstić information content (AvgIpc) is 3.20. The van der Waals surface area contributed by atoms with E-state index in [1.54, 1.807) is 0 Å². The smallest absolute Gasteiger partial charge is 0.251 e. The van der Waals surface area contributed by atoms with Gasteiger partial charge in [0.25, 0.3) is 5.91 Å².